The molecule has 0 aromatic heterocycles. The van der Waals surface area contributed by atoms with Crippen LogP contribution in [-0.2, 0) is 18.1 Å². The molecule has 0 aliphatic heterocycles. The summed E-state index contributed by atoms with van der Waals surface area (Å²) in [5.41, 5.74) is 0. The number of carbonyl (C=O) groups is 1. The fourth-order valence-electron chi connectivity index (χ4n) is 5.35. The van der Waals surface area contributed by atoms with Crippen LogP contribution in [0.15, 0.2) is 12.2 Å². The second kappa shape index (κ2) is 14.9. The fraction of sp³-hybridized carbons (Fsp3) is 0.885. The van der Waals surface area contributed by atoms with Crippen molar-refractivity contribution in [3.05, 3.63) is 12.2 Å². The first-order chi connectivity index (χ1) is 16.1. The molecule has 0 saturated carbocycles. The monoisotopic (exact) mass is 546 g/mol. The van der Waals surface area contributed by atoms with Gasteiger partial charge in [-0.05, 0) is 54.4 Å². The summed E-state index contributed by atoms with van der Waals surface area (Å²) in [5.74, 6) is 0. The number of thioether (sulfide) groups is 1. The van der Waals surface area contributed by atoms with Crippen molar-refractivity contribution in [2.45, 2.75) is 147 Å². The van der Waals surface area contributed by atoms with Gasteiger partial charge in [0.25, 0.3) is 0 Å². The van der Waals surface area contributed by atoms with E-state index in [1.54, 1.807) is 6.92 Å². The minimum absolute atomic E-state index is 0.0166. The Labute approximate surface area is 218 Å². The Morgan fingerprint density at radius 3 is 1.32 bits per heavy atom. The number of hydrogen-bond donors (Lipinski definition) is 0. The smallest absolute Gasteiger partial charge is 0.193 e. The molecule has 0 radical (unpaired) electrons. The third-order valence-electron chi connectivity index (χ3n) is 8.72. The van der Waals surface area contributed by atoms with Crippen molar-refractivity contribution in [3.63, 3.8) is 0 Å². The minimum atomic E-state index is -1.93. The zero-order chi connectivity index (χ0) is 26.0. The zero-order valence-corrected chi connectivity index (χ0v) is 27.7. The maximum atomic E-state index is 12.3. The largest absolute Gasteiger partial charge is 0.410 e. The van der Waals surface area contributed by atoms with Crippen molar-refractivity contribution in [1.82, 2.24) is 0 Å². The van der Waals surface area contributed by atoms with E-state index in [2.05, 4.69) is 74.5 Å². The molecule has 4 atom stereocenters. The summed E-state index contributed by atoms with van der Waals surface area (Å²) < 4.78 is 21.6. The normalized spacial score (nSPS) is 23.9. The van der Waals surface area contributed by atoms with Crippen LogP contribution in [0.1, 0.15) is 69.2 Å². The van der Waals surface area contributed by atoms with Gasteiger partial charge in [-0.15, -0.1) is 0 Å². The highest BCUT2D eigenvalue weighted by atomic mass is 32.2. The van der Waals surface area contributed by atoms with Gasteiger partial charge in [0, 0.05) is 6.92 Å². The molecule has 0 heterocycles. The third-order valence-corrected chi connectivity index (χ3v) is 23.7. The summed E-state index contributed by atoms with van der Waals surface area (Å²) in [5, 5.41) is 0.125. The SMILES string of the molecule is CC[Si](CC)(CC)OC1C=CC(SC(C)=O)C(O[Si](CC)(CC)CC)C1O[Si](CC)(CC)CC. The predicted octanol–water partition coefficient (Wildman–Crippen LogP) is 8.38. The summed E-state index contributed by atoms with van der Waals surface area (Å²) in [7, 11) is -5.71. The van der Waals surface area contributed by atoms with Crippen LogP contribution in [0.5, 0.6) is 0 Å². The standard InChI is InChI=1S/C26H54O4SSi3/c1-11-32(12-2,13-3)28-23-20-21-24(31-22(10)27)26(30-34(17-7,18-8)19-9)25(23)29-33(14-4,15-5)16-6/h20-21,23-26H,11-19H2,1-10H3. The Morgan fingerprint density at radius 2 is 0.971 bits per heavy atom. The highest BCUT2D eigenvalue weighted by molar-refractivity contribution is 8.14. The molecule has 1 aliphatic rings. The maximum Gasteiger partial charge on any atom is 0.193 e. The molecular formula is C26H54O4SSi3. The number of carbonyl (C=O) groups excluding carboxylic acids is 1. The van der Waals surface area contributed by atoms with Gasteiger partial charge in [-0.25, -0.2) is 0 Å². The summed E-state index contributed by atoms with van der Waals surface area (Å²) >= 11 is 1.41. The van der Waals surface area contributed by atoms with Gasteiger partial charge in [0.15, 0.2) is 30.1 Å². The molecule has 1 rings (SSSR count). The average molecular weight is 547 g/mol. The van der Waals surface area contributed by atoms with Gasteiger partial charge in [-0.3, -0.25) is 4.79 Å². The topological polar surface area (TPSA) is 44.8 Å². The number of hydrogen-bond acceptors (Lipinski definition) is 5. The van der Waals surface area contributed by atoms with E-state index < -0.39 is 25.0 Å². The van der Waals surface area contributed by atoms with Crippen LogP contribution in [0.25, 0.3) is 0 Å². The van der Waals surface area contributed by atoms with E-state index in [1.807, 2.05) is 0 Å². The molecule has 0 aromatic rings. The molecule has 0 fully saturated rings. The molecule has 4 nitrogen and oxygen atoms in total. The van der Waals surface area contributed by atoms with Crippen molar-refractivity contribution in [2.75, 3.05) is 0 Å². The summed E-state index contributed by atoms with van der Waals surface area (Å²) in [6, 6.07) is 9.90. The first kappa shape index (κ1) is 32.3. The first-order valence-electron chi connectivity index (χ1n) is 14.0. The summed E-state index contributed by atoms with van der Waals surface area (Å²) in [6.45, 7) is 22.2. The molecule has 0 saturated heterocycles. The molecular weight excluding hydrogens is 493 g/mol. The van der Waals surface area contributed by atoms with Crippen molar-refractivity contribution >= 4 is 41.8 Å². The molecule has 0 amide bonds. The molecule has 0 bridgehead atoms. The number of rotatable bonds is 16. The first-order valence-corrected chi connectivity index (χ1v) is 22.5. The van der Waals surface area contributed by atoms with Crippen LogP contribution in [0.4, 0.5) is 0 Å². The van der Waals surface area contributed by atoms with E-state index in [9.17, 15) is 4.79 Å². The third kappa shape index (κ3) is 7.89. The molecule has 0 N–H and O–H groups in total. The molecule has 1 aliphatic carbocycles. The van der Waals surface area contributed by atoms with Gasteiger partial charge in [-0.1, -0.05) is 86.2 Å². The van der Waals surface area contributed by atoms with Crippen LogP contribution in [0.2, 0.25) is 54.4 Å². The Bertz CT molecular complexity index is 609. The Kier molecular flexibility index (Phi) is 14.1. The lowest BCUT2D eigenvalue weighted by Crippen LogP contribution is -2.59. The van der Waals surface area contributed by atoms with E-state index in [4.69, 9.17) is 13.3 Å². The fourth-order valence-corrected chi connectivity index (χ4v) is 14.8. The summed E-state index contributed by atoms with van der Waals surface area (Å²) in [4.78, 5) is 12.3. The maximum absolute atomic E-state index is 12.3. The van der Waals surface area contributed by atoms with Gasteiger partial charge >= 0.3 is 0 Å². The van der Waals surface area contributed by atoms with Crippen molar-refractivity contribution in [2.24, 2.45) is 0 Å². The molecule has 8 heteroatoms. The molecule has 4 unspecified atom stereocenters. The van der Waals surface area contributed by atoms with Crippen LogP contribution in [0.3, 0.4) is 0 Å². The predicted molar refractivity (Wildman–Crippen MR) is 157 cm³/mol. The van der Waals surface area contributed by atoms with Crippen molar-refractivity contribution in [1.29, 1.82) is 0 Å². The quantitative estimate of drug-likeness (QED) is 0.144. The highest BCUT2D eigenvalue weighted by Crippen LogP contribution is 2.39. The van der Waals surface area contributed by atoms with Crippen LogP contribution < -0.4 is 0 Å². The minimum Gasteiger partial charge on any atom is -0.410 e. The second-order valence-electron chi connectivity index (χ2n) is 9.94. The van der Waals surface area contributed by atoms with Gasteiger partial charge in [0.2, 0.25) is 0 Å². The lowest BCUT2D eigenvalue weighted by molar-refractivity contribution is -0.109. The van der Waals surface area contributed by atoms with Crippen LogP contribution in [0, 0.1) is 0 Å². The van der Waals surface area contributed by atoms with Gasteiger partial charge in [0.1, 0.15) is 0 Å². The van der Waals surface area contributed by atoms with E-state index >= 15 is 0 Å². The van der Waals surface area contributed by atoms with E-state index in [-0.39, 0.29) is 28.7 Å². The second-order valence-corrected chi connectivity index (χ2v) is 25.5. The lowest BCUT2D eigenvalue weighted by atomic mass is 9.98. The Balaban J connectivity index is 3.61. The Morgan fingerprint density at radius 1 is 0.618 bits per heavy atom. The van der Waals surface area contributed by atoms with E-state index in [1.165, 1.54) is 11.8 Å². The van der Waals surface area contributed by atoms with Gasteiger partial charge in [0.05, 0.1) is 23.6 Å². The van der Waals surface area contributed by atoms with Crippen molar-refractivity contribution < 1.29 is 18.1 Å². The van der Waals surface area contributed by atoms with Gasteiger partial charge in [-0.2, -0.15) is 0 Å². The van der Waals surface area contributed by atoms with Crippen molar-refractivity contribution in [3.8, 4) is 0 Å². The molecule has 0 aromatic carbocycles. The Hall–Kier alpha value is 0.291. The highest BCUT2D eigenvalue weighted by Gasteiger charge is 2.48. The van der Waals surface area contributed by atoms with Crippen LogP contribution >= 0.6 is 11.8 Å². The molecule has 200 valence electrons. The lowest BCUT2D eigenvalue weighted by Gasteiger charge is -2.48. The molecule has 34 heavy (non-hydrogen) atoms. The van der Waals surface area contributed by atoms with E-state index in [0.29, 0.717) is 0 Å². The van der Waals surface area contributed by atoms with E-state index in [0.717, 1.165) is 54.4 Å². The summed E-state index contributed by atoms with van der Waals surface area (Å²) in [6.07, 6.45) is 4.06. The average Bonchev–Trinajstić information content (AvgIpc) is 2.86. The molecule has 0 spiro atoms. The van der Waals surface area contributed by atoms with Crippen LogP contribution in [-0.4, -0.2) is 53.6 Å². The zero-order valence-electron chi connectivity index (χ0n) is 23.9. The van der Waals surface area contributed by atoms with Gasteiger partial charge < -0.3 is 13.3 Å².